The molecule has 2 atom stereocenters. The van der Waals surface area contributed by atoms with E-state index >= 15 is 4.39 Å². The fourth-order valence-electron chi connectivity index (χ4n) is 4.42. The van der Waals surface area contributed by atoms with Crippen molar-refractivity contribution in [2.24, 2.45) is 0 Å². The van der Waals surface area contributed by atoms with Crippen molar-refractivity contribution in [3.63, 3.8) is 0 Å². The number of hydrogen-bond donors (Lipinski definition) is 0. The van der Waals surface area contributed by atoms with Crippen molar-refractivity contribution in [3.05, 3.63) is 110 Å². The van der Waals surface area contributed by atoms with Crippen molar-refractivity contribution >= 4 is 11.6 Å². The molecule has 3 heterocycles. The summed E-state index contributed by atoms with van der Waals surface area (Å²) in [6.45, 7) is 3.39. The average molecular weight is 464 g/mol. The molecule has 0 spiro atoms. The highest BCUT2D eigenvalue weighted by Gasteiger charge is 2.42. The summed E-state index contributed by atoms with van der Waals surface area (Å²) in [6, 6.07) is 13.4. The summed E-state index contributed by atoms with van der Waals surface area (Å²) in [5, 5.41) is 0.0621. The van der Waals surface area contributed by atoms with Gasteiger partial charge in [0.05, 0.1) is 5.69 Å². The lowest BCUT2D eigenvalue weighted by Crippen LogP contribution is -2.24. The maximum atomic E-state index is 15.7. The summed E-state index contributed by atoms with van der Waals surface area (Å²) in [4.78, 5) is 21.9. The summed E-state index contributed by atoms with van der Waals surface area (Å²) in [5.41, 5.74) is 2.08. The van der Waals surface area contributed by atoms with E-state index in [4.69, 9.17) is 11.6 Å². The van der Waals surface area contributed by atoms with E-state index in [1.165, 1.54) is 29.0 Å². The molecule has 1 saturated carbocycles. The Bertz CT molecular complexity index is 1440. The molecule has 0 saturated heterocycles. The van der Waals surface area contributed by atoms with Gasteiger partial charge in [-0.1, -0.05) is 29.8 Å². The van der Waals surface area contributed by atoms with Gasteiger partial charge in [-0.2, -0.15) is 0 Å². The van der Waals surface area contributed by atoms with Crippen LogP contribution in [0.2, 0.25) is 5.02 Å². The molecule has 166 valence electrons. The minimum absolute atomic E-state index is 0.0243. The van der Waals surface area contributed by atoms with Crippen molar-refractivity contribution in [1.29, 1.82) is 0 Å². The van der Waals surface area contributed by atoms with Crippen LogP contribution < -0.4 is 5.56 Å². The SMILES string of the molecule is Cc1cnc(-c2ccccc2F)c(F)c1-n1c(C)cc([C@@H]2CC2c2ccccn2)c(Cl)c1=O. The topological polar surface area (TPSA) is 47.8 Å². The average Bonchev–Trinajstić information content (AvgIpc) is 3.60. The first-order valence-corrected chi connectivity index (χ1v) is 11.0. The molecule has 7 heteroatoms. The number of aromatic nitrogens is 3. The Kier molecular flexibility index (Phi) is 5.33. The van der Waals surface area contributed by atoms with Gasteiger partial charge >= 0.3 is 0 Å². The number of nitrogens with zero attached hydrogens (tertiary/aromatic N) is 3. The quantitative estimate of drug-likeness (QED) is 0.366. The van der Waals surface area contributed by atoms with Crippen molar-refractivity contribution < 1.29 is 8.78 Å². The largest absolute Gasteiger partial charge is 0.277 e. The molecule has 0 bridgehead atoms. The summed E-state index contributed by atoms with van der Waals surface area (Å²) < 4.78 is 31.3. The zero-order valence-corrected chi connectivity index (χ0v) is 18.8. The molecule has 0 amide bonds. The third kappa shape index (κ3) is 3.64. The van der Waals surface area contributed by atoms with Crippen LogP contribution in [0.5, 0.6) is 0 Å². The van der Waals surface area contributed by atoms with Crippen molar-refractivity contribution in [2.75, 3.05) is 0 Å². The highest BCUT2D eigenvalue weighted by Crippen LogP contribution is 2.55. The van der Waals surface area contributed by atoms with Gasteiger partial charge in [0, 0.05) is 35.3 Å². The fraction of sp³-hybridized carbons (Fsp3) is 0.192. The second-order valence-corrected chi connectivity index (χ2v) is 8.71. The number of pyridine rings is 3. The van der Waals surface area contributed by atoms with Crippen LogP contribution in [0.25, 0.3) is 16.9 Å². The molecule has 5 rings (SSSR count). The van der Waals surface area contributed by atoms with Crippen LogP contribution in [-0.4, -0.2) is 14.5 Å². The molecule has 1 aromatic carbocycles. The second-order valence-electron chi connectivity index (χ2n) is 8.33. The molecule has 0 aliphatic heterocycles. The predicted molar refractivity (Wildman–Crippen MR) is 124 cm³/mol. The molecule has 3 aromatic heterocycles. The van der Waals surface area contributed by atoms with Crippen molar-refractivity contribution in [2.45, 2.75) is 32.1 Å². The van der Waals surface area contributed by atoms with Gasteiger partial charge in [-0.25, -0.2) is 8.78 Å². The van der Waals surface area contributed by atoms with Gasteiger partial charge in [0.1, 0.15) is 16.5 Å². The summed E-state index contributed by atoms with van der Waals surface area (Å²) in [5.74, 6) is -1.08. The third-order valence-electron chi connectivity index (χ3n) is 6.15. The Morgan fingerprint density at radius 1 is 1.03 bits per heavy atom. The van der Waals surface area contributed by atoms with Crippen molar-refractivity contribution in [1.82, 2.24) is 14.5 Å². The Morgan fingerprint density at radius 2 is 1.79 bits per heavy atom. The summed E-state index contributed by atoms with van der Waals surface area (Å²) >= 11 is 6.54. The standard InChI is InChI=1S/C26H20ClF2N3O/c1-14-13-31-24(16-7-3-4-8-20(16)28)23(29)25(14)32-15(2)11-19(22(27)26(32)33)17-12-18(17)21-9-5-6-10-30-21/h3-11,13,17-18H,12H2,1-2H3/t17-,18?/m1/s1. The molecule has 4 nitrogen and oxygen atoms in total. The van der Waals surface area contributed by atoms with Crippen LogP contribution >= 0.6 is 11.6 Å². The number of benzene rings is 1. The van der Waals surface area contributed by atoms with Gasteiger partial charge in [0.15, 0.2) is 5.82 Å². The van der Waals surface area contributed by atoms with E-state index in [1.54, 1.807) is 26.1 Å². The van der Waals surface area contributed by atoms with E-state index in [0.717, 1.165) is 17.7 Å². The van der Waals surface area contributed by atoms with E-state index in [0.29, 0.717) is 11.3 Å². The molecule has 0 N–H and O–H groups in total. The Balaban J connectivity index is 1.62. The van der Waals surface area contributed by atoms with Crippen molar-refractivity contribution in [3.8, 4) is 16.9 Å². The zero-order chi connectivity index (χ0) is 23.3. The molecule has 1 fully saturated rings. The van der Waals surface area contributed by atoms with Gasteiger partial charge in [-0.3, -0.25) is 19.3 Å². The first-order valence-electron chi connectivity index (χ1n) is 10.6. The lowest BCUT2D eigenvalue weighted by atomic mass is 10.1. The second kappa shape index (κ2) is 8.19. The minimum Gasteiger partial charge on any atom is -0.277 e. The monoisotopic (exact) mass is 463 g/mol. The molecule has 1 aliphatic rings. The van der Waals surface area contributed by atoms with Gasteiger partial charge in [0.2, 0.25) is 0 Å². The van der Waals surface area contributed by atoms with Gasteiger partial charge in [0.25, 0.3) is 5.56 Å². The highest BCUT2D eigenvalue weighted by atomic mass is 35.5. The smallest absolute Gasteiger partial charge is 0.274 e. The van der Waals surface area contributed by atoms with E-state index in [9.17, 15) is 9.18 Å². The molecule has 4 aromatic rings. The van der Waals surface area contributed by atoms with Gasteiger partial charge < -0.3 is 0 Å². The summed E-state index contributed by atoms with van der Waals surface area (Å²) in [6.07, 6.45) is 4.03. The normalized spacial score (nSPS) is 17.2. The van der Waals surface area contributed by atoms with Gasteiger partial charge in [-0.15, -0.1) is 0 Å². The number of halogens is 3. The Hall–Kier alpha value is -3.38. The Labute approximate surface area is 194 Å². The molecule has 0 radical (unpaired) electrons. The third-order valence-corrected chi connectivity index (χ3v) is 6.53. The highest BCUT2D eigenvalue weighted by molar-refractivity contribution is 6.31. The van der Waals surface area contributed by atoms with Crippen LogP contribution in [0.3, 0.4) is 0 Å². The zero-order valence-electron chi connectivity index (χ0n) is 18.0. The van der Waals surface area contributed by atoms with Crippen LogP contribution in [0.15, 0.2) is 65.7 Å². The van der Waals surface area contributed by atoms with Crippen LogP contribution in [-0.2, 0) is 0 Å². The van der Waals surface area contributed by atoms with E-state index in [-0.39, 0.29) is 33.8 Å². The van der Waals surface area contributed by atoms with Gasteiger partial charge in [-0.05, 0) is 67.6 Å². The maximum Gasteiger partial charge on any atom is 0.274 e. The molecule has 1 aliphatic carbocycles. The fourth-order valence-corrected chi connectivity index (χ4v) is 4.70. The first kappa shape index (κ1) is 21.5. The lowest BCUT2D eigenvalue weighted by molar-refractivity contribution is 0.601. The predicted octanol–water partition coefficient (Wildman–Crippen LogP) is 6.11. The molecule has 33 heavy (non-hydrogen) atoms. The molecule has 1 unspecified atom stereocenters. The van der Waals surface area contributed by atoms with E-state index < -0.39 is 17.2 Å². The number of aryl methyl sites for hydroxylation is 2. The van der Waals surface area contributed by atoms with Crippen LogP contribution in [0.1, 0.15) is 40.8 Å². The molecular weight excluding hydrogens is 444 g/mol. The van der Waals surface area contributed by atoms with E-state index in [2.05, 4.69) is 9.97 Å². The van der Waals surface area contributed by atoms with Crippen LogP contribution in [0.4, 0.5) is 8.78 Å². The first-order chi connectivity index (χ1) is 15.9. The van der Waals surface area contributed by atoms with Crippen LogP contribution in [0, 0.1) is 25.5 Å². The maximum absolute atomic E-state index is 15.7. The van der Waals surface area contributed by atoms with E-state index in [1.807, 2.05) is 24.3 Å². The Morgan fingerprint density at radius 3 is 2.52 bits per heavy atom. The molecular formula is C26H20ClF2N3O. The number of rotatable bonds is 4. The minimum atomic E-state index is -0.771. The number of hydrogen-bond acceptors (Lipinski definition) is 3. The lowest BCUT2D eigenvalue weighted by Gasteiger charge is -2.18. The summed E-state index contributed by atoms with van der Waals surface area (Å²) in [7, 11) is 0.